The molecule has 2 aromatic carbocycles. The van der Waals surface area contributed by atoms with E-state index in [4.69, 9.17) is 9.73 Å². The summed E-state index contributed by atoms with van der Waals surface area (Å²) in [7, 11) is 4.08. The van der Waals surface area contributed by atoms with Crippen LogP contribution >= 0.6 is 0 Å². The second kappa shape index (κ2) is 9.48. The molecule has 28 heavy (non-hydrogen) atoms. The molecule has 0 atom stereocenters. The van der Waals surface area contributed by atoms with E-state index in [-0.39, 0.29) is 5.91 Å². The van der Waals surface area contributed by atoms with Gasteiger partial charge in [-0.25, -0.2) is 0 Å². The lowest BCUT2D eigenvalue weighted by Gasteiger charge is -2.17. The van der Waals surface area contributed by atoms with Crippen molar-refractivity contribution in [3.8, 4) is 5.75 Å². The summed E-state index contributed by atoms with van der Waals surface area (Å²) in [5, 5.41) is 5.97. The van der Waals surface area contributed by atoms with Gasteiger partial charge in [-0.1, -0.05) is 18.2 Å². The lowest BCUT2D eigenvalue weighted by atomic mass is 10.1. The van der Waals surface area contributed by atoms with Gasteiger partial charge in [0.05, 0.1) is 12.3 Å². The predicted octanol–water partition coefficient (Wildman–Crippen LogP) is 2.68. The molecule has 2 aromatic rings. The van der Waals surface area contributed by atoms with Gasteiger partial charge in [0.25, 0.3) is 0 Å². The average Bonchev–Trinajstić information content (AvgIpc) is 3.06. The highest BCUT2D eigenvalue weighted by atomic mass is 16.5. The van der Waals surface area contributed by atoms with Crippen molar-refractivity contribution in [2.45, 2.75) is 20.1 Å². The normalized spacial score (nSPS) is 12.6. The summed E-state index contributed by atoms with van der Waals surface area (Å²) in [6.07, 6.45) is 0. The number of ether oxygens (including phenoxy) is 1. The predicted molar refractivity (Wildman–Crippen MR) is 113 cm³/mol. The van der Waals surface area contributed by atoms with Crippen LogP contribution in [0.25, 0.3) is 0 Å². The number of nitrogens with one attached hydrogen (secondary N) is 2. The summed E-state index contributed by atoms with van der Waals surface area (Å²) in [6.45, 7) is 5.45. The van der Waals surface area contributed by atoms with E-state index in [0.29, 0.717) is 6.61 Å². The highest BCUT2D eigenvalue weighted by Crippen LogP contribution is 2.25. The molecule has 0 saturated heterocycles. The van der Waals surface area contributed by atoms with Gasteiger partial charge in [0.2, 0.25) is 5.91 Å². The van der Waals surface area contributed by atoms with Gasteiger partial charge in [-0.05, 0) is 49.5 Å². The van der Waals surface area contributed by atoms with E-state index in [9.17, 15) is 4.79 Å². The Kier molecular flexibility index (Phi) is 6.79. The van der Waals surface area contributed by atoms with Crippen LogP contribution in [0.15, 0.2) is 47.5 Å². The van der Waals surface area contributed by atoms with Crippen molar-refractivity contribution in [1.29, 1.82) is 0 Å². The Morgan fingerprint density at radius 1 is 1.25 bits per heavy atom. The van der Waals surface area contributed by atoms with E-state index >= 15 is 0 Å². The average molecular weight is 380 g/mol. The molecule has 1 heterocycles. The molecule has 1 aliphatic heterocycles. The minimum atomic E-state index is -0.0804. The molecule has 0 unspecified atom stereocenters. The van der Waals surface area contributed by atoms with Crippen LogP contribution in [0.3, 0.4) is 0 Å². The molecule has 2 N–H and O–H groups in total. The fourth-order valence-electron chi connectivity index (χ4n) is 3.20. The molecule has 6 heteroatoms. The lowest BCUT2D eigenvalue weighted by Crippen LogP contribution is -2.31. The zero-order valence-corrected chi connectivity index (χ0v) is 16.8. The van der Waals surface area contributed by atoms with Gasteiger partial charge in [0.15, 0.2) is 0 Å². The Morgan fingerprint density at radius 2 is 2.11 bits per heavy atom. The number of aliphatic imine (C=N–C) groups is 1. The Morgan fingerprint density at radius 3 is 2.89 bits per heavy atom. The molecule has 0 bridgehead atoms. The number of hydrogen-bond acceptors (Lipinski definition) is 5. The molecule has 1 amide bonds. The Labute approximate surface area is 166 Å². The maximum Gasteiger partial charge on any atom is 0.221 e. The van der Waals surface area contributed by atoms with Gasteiger partial charge in [-0.2, -0.15) is 0 Å². The van der Waals surface area contributed by atoms with E-state index in [1.165, 1.54) is 18.1 Å². The van der Waals surface area contributed by atoms with Gasteiger partial charge < -0.3 is 15.4 Å². The number of likely N-dealkylation sites (N-methyl/N-ethyl adjacent to an activating group) is 2. The Bertz CT molecular complexity index is 863. The summed E-state index contributed by atoms with van der Waals surface area (Å²) in [4.78, 5) is 18.2. The first-order valence-corrected chi connectivity index (χ1v) is 9.54. The van der Waals surface area contributed by atoms with Gasteiger partial charge in [0.1, 0.15) is 12.4 Å². The van der Waals surface area contributed by atoms with Crippen LogP contribution in [0.4, 0.5) is 5.69 Å². The molecule has 0 aliphatic carbocycles. The third kappa shape index (κ3) is 5.41. The minimum absolute atomic E-state index is 0.0804. The largest absolute Gasteiger partial charge is 0.489 e. The summed E-state index contributed by atoms with van der Waals surface area (Å²) in [5.74, 6) is 0.749. The minimum Gasteiger partial charge on any atom is -0.489 e. The fourth-order valence-corrected chi connectivity index (χ4v) is 3.20. The lowest BCUT2D eigenvalue weighted by molar-refractivity contribution is -0.114. The first-order valence-electron chi connectivity index (χ1n) is 9.54. The summed E-state index contributed by atoms with van der Waals surface area (Å²) in [5.41, 5.74) is 5.33. The van der Waals surface area contributed by atoms with Crippen molar-refractivity contribution in [2.75, 3.05) is 39.0 Å². The van der Waals surface area contributed by atoms with E-state index < -0.39 is 0 Å². The van der Waals surface area contributed by atoms with Crippen molar-refractivity contribution >= 4 is 17.3 Å². The summed E-state index contributed by atoms with van der Waals surface area (Å²) < 4.78 is 6.00. The second-order valence-electron chi connectivity index (χ2n) is 7.09. The standard InChI is InChI=1S/C22H28N4O2/c1-16(27)25-19-6-4-5-17(11-19)15-28-20-8-7-18-13-24-22(21(18)12-20)14-26(3)10-9-23-2/h4-8,11-12,23H,9-10,13-15H2,1-3H3,(H,25,27). The van der Waals surface area contributed by atoms with Crippen LogP contribution in [-0.4, -0.2) is 50.2 Å². The zero-order valence-electron chi connectivity index (χ0n) is 16.8. The Balaban J connectivity index is 1.63. The van der Waals surface area contributed by atoms with Crippen molar-refractivity contribution in [3.05, 3.63) is 59.2 Å². The van der Waals surface area contributed by atoms with Gasteiger partial charge >= 0.3 is 0 Å². The summed E-state index contributed by atoms with van der Waals surface area (Å²) >= 11 is 0. The van der Waals surface area contributed by atoms with Crippen LogP contribution in [0, 0.1) is 0 Å². The van der Waals surface area contributed by atoms with E-state index in [2.05, 4.69) is 34.7 Å². The monoisotopic (exact) mass is 380 g/mol. The van der Waals surface area contributed by atoms with Crippen LogP contribution in [0.2, 0.25) is 0 Å². The van der Waals surface area contributed by atoms with E-state index in [1.807, 2.05) is 37.4 Å². The number of amides is 1. The third-order valence-electron chi connectivity index (χ3n) is 4.65. The molecular weight excluding hydrogens is 352 g/mol. The number of fused-ring (bicyclic) bond motifs is 1. The molecule has 6 nitrogen and oxygen atoms in total. The van der Waals surface area contributed by atoms with Crippen LogP contribution in [0.1, 0.15) is 23.6 Å². The highest BCUT2D eigenvalue weighted by molar-refractivity contribution is 6.05. The van der Waals surface area contributed by atoms with E-state index in [1.54, 1.807) is 0 Å². The molecule has 1 aliphatic rings. The van der Waals surface area contributed by atoms with Gasteiger partial charge in [0, 0.05) is 37.8 Å². The molecule has 0 saturated carbocycles. The molecule has 148 valence electrons. The number of carbonyl (C=O) groups excluding carboxylic acids is 1. The third-order valence-corrected chi connectivity index (χ3v) is 4.65. The smallest absolute Gasteiger partial charge is 0.221 e. The summed E-state index contributed by atoms with van der Waals surface area (Å²) in [6, 6.07) is 13.9. The van der Waals surface area contributed by atoms with Crippen LogP contribution < -0.4 is 15.4 Å². The van der Waals surface area contributed by atoms with Crippen molar-refractivity contribution in [2.24, 2.45) is 4.99 Å². The maximum atomic E-state index is 11.2. The van der Waals surface area contributed by atoms with Gasteiger partial charge in [-0.3, -0.25) is 14.7 Å². The first-order chi connectivity index (χ1) is 13.5. The molecule has 0 aromatic heterocycles. The number of carbonyl (C=O) groups is 1. The number of anilines is 1. The highest BCUT2D eigenvalue weighted by Gasteiger charge is 2.18. The number of nitrogens with zero attached hydrogens (tertiary/aromatic N) is 2. The second-order valence-corrected chi connectivity index (χ2v) is 7.09. The zero-order chi connectivity index (χ0) is 19.9. The molecule has 0 fully saturated rings. The van der Waals surface area contributed by atoms with E-state index in [0.717, 1.165) is 48.9 Å². The van der Waals surface area contributed by atoms with Crippen molar-refractivity contribution in [3.63, 3.8) is 0 Å². The maximum absolute atomic E-state index is 11.2. The molecule has 0 radical (unpaired) electrons. The SMILES string of the molecule is CNCCN(C)CC1=NCc2ccc(OCc3cccc(NC(C)=O)c3)cc21. The topological polar surface area (TPSA) is 66.0 Å². The number of benzene rings is 2. The number of rotatable bonds is 9. The molecule has 0 spiro atoms. The van der Waals surface area contributed by atoms with Crippen molar-refractivity contribution in [1.82, 2.24) is 10.2 Å². The first kappa shape index (κ1) is 20.0. The quantitative estimate of drug-likeness (QED) is 0.702. The van der Waals surface area contributed by atoms with Gasteiger partial charge in [-0.15, -0.1) is 0 Å². The Hall–Kier alpha value is -2.70. The fraction of sp³-hybridized carbons (Fsp3) is 0.364. The van der Waals surface area contributed by atoms with Crippen LogP contribution in [0.5, 0.6) is 5.75 Å². The van der Waals surface area contributed by atoms with Crippen LogP contribution in [-0.2, 0) is 17.9 Å². The molecular formula is C22H28N4O2. The van der Waals surface area contributed by atoms with Crippen molar-refractivity contribution < 1.29 is 9.53 Å². The number of hydrogen-bond donors (Lipinski definition) is 2. The molecule has 3 rings (SSSR count).